The zero-order chi connectivity index (χ0) is 15.6. The predicted molar refractivity (Wildman–Crippen MR) is 74.0 cm³/mol. The van der Waals surface area contributed by atoms with Gasteiger partial charge in [0, 0.05) is 11.3 Å². The van der Waals surface area contributed by atoms with Crippen LogP contribution in [0.15, 0.2) is 0 Å². The summed E-state index contributed by atoms with van der Waals surface area (Å²) in [6.45, 7) is 8.23. The SMILES string of the molecule is CC(=O)c1c(C)[nH]c(C(=O)N[C@@H](C(=O)O)C(C)C)c1C. The van der Waals surface area contributed by atoms with Gasteiger partial charge < -0.3 is 15.4 Å². The molecular weight excluding hydrogens is 260 g/mol. The van der Waals surface area contributed by atoms with Crippen molar-refractivity contribution in [2.75, 3.05) is 0 Å². The molecule has 1 rings (SSSR count). The number of aryl methyl sites for hydroxylation is 1. The molecule has 0 radical (unpaired) electrons. The van der Waals surface area contributed by atoms with Gasteiger partial charge >= 0.3 is 5.97 Å². The number of amides is 1. The molecule has 0 aliphatic rings. The summed E-state index contributed by atoms with van der Waals surface area (Å²) in [5.74, 6) is -1.96. The van der Waals surface area contributed by atoms with Gasteiger partial charge in [0.15, 0.2) is 5.78 Å². The van der Waals surface area contributed by atoms with Gasteiger partial charge in [0.1, 0.15) is 11.7 Å². The molecule has 0 aliphatic heterocycles. The van der Waals surface area contributed by atoms with Gasteiger partial charge in [-0.2, -0.15) is 0 Å². The fraction of sp³-hybridized carbons (Fsp3) is 0.500. The number of hydrogen-bond acceptors (Lipinski definition) is 3. The number of aliphatic carboxylic acids is 1. The molecule has 0 aromatic carbocycles. The number of rotatable bonds is 5. The van der Waals surface area contributed by atoms with Crippen LogP contribution < -0.4 is 5.32 Å². The van der Waals surface area contributed by atoms with Crippen LogP contribution in [0.25, 0.3) is 0 Å². The number of aromatic amines is 1. The molecule has 110 valence electrons. The quantitative estimate of drug-likeness (QED) is 0.714. The zero-order valence-corrected chi connectivity index (χ0v) is 12.3. The summed E-state index contributed by atoms with van der Waals surface area (Å²) in [7, 11) is 0. The molecule has 6 nitrogen and oxygen atoms in total. The van der Waals surface area contributed by atoms with Crippen molar-refractivity contribution in [2.45, 2.75) is 40.7 Å². The number of carboxylic acid groups (broad SMARTS) is 1. The van der Waals surface area contributed by atoms with Crippen molar-refractivity contribution in [3.63, 3.8) is 0 Å². The van der Waals surface area contributed by atoms with Gasteiger partial charge in [0.25, 0.3) is 5.91 Å². The van der Waals surface area contributed by atoms with E-state index >= 15 is 0 Å². The Morgan fingerprint density at radius 1 is 1.20 bits per heavy atom. The fourth-order valence-electron chi connectivity index (χ4n) is 2.23. The van der Waals surface area contributed by atoms with Crippen molar-refractivity contribution < 1.29 is 19.5 Å². The lowest BCUT2D eigenvalue weighted by molar-refractivity contribution is -0.140. The molecule has 6 heteroatoms. The molecule has 0 fully saturated rings. The number of carboxylic acids is 1. The van der Waals surface area contributed by atoms with Crippen LogP contribution in [0, 0.1) is 19.8 Å². The van der Waals surface area contributed by atoms with Gasteiger partial charge in [-0.15, -0.1) is 0 Å². The molecular formula is C14H20N2O4. The molecule has 0 saturated heterocycles. The number of carbonyl (C=O) groups is 3. The summed E-state index contributed by atoms with van der Waals surface area (Å²) in [4.78, 5) is 37.6. The molecule has 1 heterocycles. The van der Waals surface area contributed by atoms with Gasteiger partial charge in [-0.3, -0.25) is 9.59 Å². The highest BCUT2D eigenvalue weighted by molar-refractivity contribution is 6.03. The van der Waals surface area contributed by atoms with Crippen LogP contribution in [0.5, 0.6) is 0 Å². The molecule has 1 aromatic heterocycles. The predicted octanol–water partition coefficient (Wildman–Crippen LogP) is 1.67. The maximum absolute atomic E-state index is 12.2. The first-order valence-corrected chi connectivity index (χ1v) is 6.40. The van der Waals surface area contributed by atoms with Crippen LogP contribution in [0.4, 0.5) is 0 Å². The Kier molecular flexibility index (Phi) is 4.70. The topological polar surface area (TPSA) is 99.3 Å². The molecule has 1 atom stereocenters. The molecule has 0 aliphatic carbocycles. The van der Waals surface area contributed by atoms with Crippen LogP contribution in [0.1, 0.15) is 52.9 Å². The lowest BCUT2D eigenvalue weighted by Crippen LogP contribution is -2.44. The van der Waals surface area contributed by atoms with Crippen molar-refractivity contribution in [1.29, 1.82) is 0 Å². The van der Waals surface area contributed by atoms with Gasteiger partial charge in [0.05, 0.1) is 0 Å². The first-order chi connectivity index (χ1) is 9.16. The van der Waals surface area contributed by atoms with E-state index in [1.54, 1.807) is 27.7 Å². The van der Waals surface area contributed by atoms with E-state index < -0.39 is 17.9 Å². The second-order valence-corrected chi connectivity index (χ2v) is 5.21. The second kappa shape index (κ2) is 5.90. The molecule has 0 spiro atoms. The first-order valence-electron chi connectivity index (χ1n) is 6.40. The summed E-state index contributed by atoms with van der Waals surface area (Å²) in [5, 5.41) is 11.5. The van der Waals surface area contributed by atoms with Crippen LogP contribution in [-0.4, -0.2) is 33.8 Å². The molecule has 20 heavy (non-hydrogen) atoms. The van der Waals surface area contributed by atoms with Crippen molar-refractivity contribution in [3.8, 4) is 0 Å². The average Bonchev–Trinajstić information content (AvgIpc) is 2.60. The van der Waals surface area contributed by atoms with Crippen molar-refractivity contribution in [3.05, 3.63) is 22.5 Å². The zero-order valence-electron chi connectivity index (χ0n) is 12.3. The maximum atomic E-state index is 12.2. The Labute approximate surface area is 117 Å². The molecule has 0 saturated carbocycles. The third kappa shape index (κ3) is 3.07. The van der Waals surface area contributed by atoms with E-state index in [0.717, 1.165) is 0 Å². The summed E-state index contributed by atoms with van der Waals surface area (Å²) in [6.07, 6.45) is 0. The number of carbonyl (C=O) groups excluding carboxylic acids is 2. The Hall–Kier alpha value is -2.11. The summed E-state index contributed by atoms with van der Waals surface area (Å²) < 4.78 is 0. The minimum absolute atomic E-state index is 0.131. The lowest BCUT2D eigenvalue weighted by Gasteiger charge is -2.17. The maximum Gasteiger partial charge on any atom is 0.326 e. The Morgan fingerprint density at radius 2 is 1.75 bits per heavy atom. The minimum atomic E-state index is -1.08. The van der Waals surface area contributed by atoms with Crippen LogP contribution in [0.3, 0.4) is 0 Å². The molecule has 1 aromatic rings. The molecule has 3 N–H and O–H groups in total. The van der Waals surface area contributed by atoms with E-state index in [1.807, 2.05) is 0 Å². The molecule has 1 amide bonds. The fourth-order valence-corrected chi connectivity index (χ4v) is 2.23. The normalized spacial score (nSPS) is 12.3. The summed E-state index contributed by atoms with van der Waals surface area (Å²) in [5.41, 5.74) is 1.86. The van der Waals surface area contributed by atoms with E-state index in [9.17, 15) is 14.4 Å². The Morgan fingerprint density at radius 3 is 2.10 bits per heavy atom. The summed E-state index contributed by atoms with van der Waals surface area (Å²) >= 11 is 0. The number of nitrogens with one attached hydrogen (secondary N) is 2. The van der Waals surface area contributed by atoms with Crippen LogP contribution >= 0.6 is 0 Å². The number of Topliss-reactive ketones (excluding diaryl/α,β-unsaturated/α-hetero) is 1. The standard InChI is InChI=1S/C14H20N2O4/c1-6(2)11(14(19)20)16-13(18)12-7(3)10(9(5)17)8(4)15-12/h6,11,15H,1-5H3,(H,16,18)(H,19,20)/t11-/m1/s1. The Bertz CT molecular complexity index is 558. The van der Waals surface area contributed by atoms with Crippen molar-refractivity contribution in [1.82, 2.24) is 10.3 Å². The monoisotopic (exact) mass is 280 g/mol. The van der Waals surface area contributed by atoms with E-state index in [0.29, 0.717) is 16.8 Å². The number of hydrogen-bond donors (Lipinski definition) is 3. The number of aromatic nitrogens is 1. The van der Waals surface area contributed by atoms with E-state index in [-0.39, 0.29) is 17.4 Å². The van der Waals surface area contributed by atoms with E-state index in [2.05, 4.69) is 10.3 Å². The van der Waals surface area contributed by atoms with Crippen LogP contribution in [-0.2, 0) is 4.79 Å². The largest absolute Gasteiger partial charge is 0.480 e. The van der Waals surface area contributed by atoms with Crippen LogP contribution in [0.2, 0.25) is 0 Å². The highest BCUT2D eigenvalue weighted by Gasteiger charge is 2.26. The van der Waals surface area contributed by atoms with Crippen molar-refractivity contribution >= 4 is 17.7 Å². The number of ketones is 1. The smallest absolute Gasteiger partial charge is 0.326 e. The highest BCUT2D eigenvalue weighted by Crippen LogP contribution is 2.18. The summed E-state index contributed by atoms with van der Waals surface area (Å²) in [6, 6.07) is -0.966. The van der Waals surface area contributed by atoms with E-state index in [1.165, 1.54) is 6.92 Å². The van der Waals surface area contributed by atoms with Crippen molar-refractivity contribution in [2.24, 2.45) is 5.92 Å². The third-order valence-corrected chi connectivity index (χ3v) is 3.24. The first kappa shape index (κ1) is 15.9. The second-order valence-electron chi connectivity index (χ2n) is 5.21. The van der Waals surface area contributed by atoms with E-state index in [4.69, 9.17) is 5.11 Å². The van der Waals surface area contributed by atoms with Gasteiger partial charge in [0.2, 0.25) is 0 Å². The third-order valence-electron chi connectivity index (χ3n) is 3.24. The van der Waals surface area contributed by atoms with Gasteiger partial charge in [-0.25, -0.2) is 4.79 Å². The lowest BCUT2D eigenvalue weighted by atomic mass is 10.0. The molecule has 0 unspecified atom stereocenters. The van der Waals surface area contributed by atoms with Gasteiger partial charge in [-0.05, 0) is 32.3 Å². The van der Waals surface area contributed by atoms with Gasteiger partial charge in [-0.1, -0.05) is 13.8 Å². The molecule has 0 bridgehead atoms. The number of H-pyrrole nitrogens is 1. The highest BCUT2D eigenvalue weighted by atomic mass is 16.4. The average molecular weight is 280 g/mol. The minimum Gasteiger partial charge on any atom is -0.480 e. The Balaban J connectivity index is 3.08.